The molecule has 0 atom stereocenters. The van der Waals surface area contributed by atoms with E-state index in [1.165, 1.54) is 6.07 Å². The molecule has 4 rings (SSSR count). The largest absolute Gasteiger partial charge is 0.484 e. The van der Waals surface area contributed by atoms with E-state index in [4.69, 9.17) is 9.47 Å². The maximum atomic E-state index is 12.3. The van der Waals surface area contributed by atoms with E-state index in [-0.39, 0.29) is 18.1 Å². The Hall–Kier alpha value is -4.13. The lowest BCUT2D eigenvalue weighted by Crippen LogP contribution is -2.20. The zero-order valence-electron chi connectivity index (χ0n) is 16.8. The molecule has 7 heteroatoms. The Morgan fingerprint density at radius 1 is 0.871 bits per heavy atom. The molecular weight excluding hydrogens is 396 g/mol. The summed E-state index contributed by atoms with van der Waals surface area (Å²) in [5.74, 6) is 0.360. The summed E-state index contributed by atoms with van der Waals surface area (Å²) in [4.78, 5) is 35.7. The van der Waals surface area contributed by atoms with Gasteiger partial charge in [-0.1, -0.05) is 25.1 Å². The van der Waals surface area contributed by atoms with Crippen molar-refractivity contribution < 1.29 is 23.9 Å². The molecule has 1 aliphatic rings. The Labute approximate surface area is 179 Å². The molecule has 3 amide bonds. The lowest BCUT2D eigenvalue weighted by atomic mass is 10.1. The quantitative estimate of drug-likeness (QED) is 0.569. The van der Waals surface area contributed by atoms with Gasteiger partial charge in [0.05, 0.1) is 11.1 Å². The molecule has 0 radical (unpaired) electrons. The summed E-state index contributed by atoms with van der Waals surface area (Å²) in [6.45, 7) is 1.93. The molecule has 0 saturated heterocycles. The Balaban J connectivity index is 1.38. The highest BCUT2D eigenvalue weighted by Gasteiger charge is 2.26. The lowest BCUT2D eigenvalue weighted by molar-refractivity contribution is -0.118. The standard InChI is InChI=1S/C24H20N2O5/c1-2-15-5-3-7-17(11-15)30-14-22(27)25-16-6-4-8-18(12-16)31-19-9-10-20-21(13-19)24(29)26-23(20)28/h3-13H,2,14H2,1H3,(H,25,27)(H,26,28,29). The molecule has 0 saturated carbocycles. The lowest BCUT2D eigenvalue weighted by Gasteiger charge is -2.10. The fraction of sp³-hybridized carbons (Fsp3) is 0.125. The Bertz CT molecular complexity index is 1170. The van der Waals surface area contributed by atoms with Gasteiger partial charge in [0.25, 0.3) is 17.7 Å². The Kier molecular flexibility index (Phi) is 5.66. The number of fused-ring (bicyclic) bond motifs is 1. The minimum Gasteiger partial charge on any atom is -0.484 e. The molecule has 0 spiro atoms. The third-order valence-corrected chi connectivity index (χ3v) is 4.74. The van der Waals surface area contributed by atoms with Gasteiger partial charge >= 0.3 is 0 Å². The van der Waals surface area contributed by atoms with Crippen molar-refractivity contribution in [3.8, 4) is 17.2 Å². The van der Waals surface area contributed by atoms with Crippen molar-refractivity contribution >= 4 is 23.4 Å². The van der Waals surface area contributed by atoms with Crippen LogP contribution in [0.25, 0.3) is 0 Å². The van der Waals surface area contributed by atoms with Crippen molar-refractivity contribution in [2.75, 3.05) is 11.9 Å². The average Bonchev–Trinajstić information content (AvgIpc) is 3.05. The zero-order valence-corrected chi connectivity index (χ0v) is 16.8. The van der Waals surface area contributed by atoms with Crippen molar-refractivity contribution in [1.29, 1.82) is 0 Å². The summed E-state index contributed by atoms with van der Waals surface area (Å²) in [5.41, 5.74) is 2.28. The highest BCUT2D eigenvalue weighted by molar-refractivity contribution is 6.21. The monoisotopic (exact) mass is 416 g/mol. The molecule has 1 aliphatic heterocycles. The summed E-state index contributed by atoms with van der Waals surface area (Å²) in [6.07, 6.45) is 0.890. The number of benzene rings is 3. The van der Waals surface area contributed by atoms with Crippen LogP contribution < -0.4 is 20.1 Å². The number of aryl methyl sites for hydroxylation is 1. The van der Waals surface area contributed by atoms with Crippen molar-refractivity contribution in [1.82, 2.24) is 5.32 Å². The second kappa shape index (κ2) is 8.71. The number of amides is 3. The number of nitrogens with one attached hydrogen (secondary N) is 2. The first-order valence-corrected chi connectivity index (χ1v) is 9.81. The number of carbonyl (C=O) groups excluding carboxylic acids is 3. The van der Waals surface area contributed by atoms with Crippen LogP contribution in [0.2, 0.25) is 0 Å². The summed E-state index contributed by atoms with van der Waals surface area (Å²) in [6, 6.07) is 19.1. The second-order valence-corrected chi connectivity index (χ2v) is 6.96. The van der Waals surface area contributed by atoms with Crippen LogP contribution in [0.5, 0.6) is 17.2 Å². The van der Waals surface area contributed by atoms with E-state index in [9.17, 15) is 14.4 Å². The third kappa shape index (κ3) is 4.72. The first-order valence-electron chi connectivity index (χ1n) is 9.81. The average molecular weight is 416 g/mol. The number of rotatable bonds is 7. The van der Waals surface area contributed by atoms with Gasteiger partial charge in [0.1, 0.15) is 17.2 Å². The van der Waals surface area contributed by atoms with Gasteiger partial charge < -0.3 is 14.8 Å². The predicted octanol–water partition coefficient (Wildman–Crippen LogP) is 3.94. The molecule has 3 aromatic rings. The molecule has 3 aromatic carbocycles. The van der Waals surface area contributed by atoms with Crippen LogP contribution in [0.15, 0.2) is 66.7 Å². The highest BCUT2D eigenvalue weighted by Crippen LogP contribution is 2.27. The van der Waals surface area contributed by atoms with Gasteiger partial charge in [-0.2, -0.15) is 0 Å². The first kappa shape index (κ1) is 20.2. The molecule has 0 bridgehead atoms. The number of anilines is 1. The molecule has 156 valence electrons. The van der Waals surface area contributed by atoms with E-state index in [0.717, 1.165) is 12.0 Å². The first-order chi connectivity index (χ1) is 15.0. The maximum absolute atomic E-state index is 12.3. The van der Waals surface area contributed by atoms with Crippen LogP contribution in [0.1, 0.15) is 33.2 Å². The van der Waals surface area contributed by atoms with Crippen LogP contribution in [0, 0.1) is 0 Å². The van der Waals surface area contributed by atoms with Crippen LogP contribution >= 0.6 is 0 Å². The number of hydrogen-bond donors (Lipinski definition) is 2. The normalized spacial score (nSPS) is 12.2. The second-order valence-electron chi connectivity index (χ2n) is 6.96. The van der Waals surface area contributed by atoms with Gasteiger partial charge in [-0.15, -0.1) is 0 Å². The van der Waals surface area contributed by atoms with Gasteiger partial charge in [-0.25, -0.2) is 0 Å². The smallest absolute Gasteiger partial charge is 0.262 e. The van der Waals surface area contributed by atoms with Crippen LogP contribution in [-0.4, -0.2) is 24.3 Å². The van der Waals surface area contributed by atoms with Crippen molar-refractivity contribution in [3.63, 3.8) is 0 Å². The third-order valence-electron chi connectivity index (χ3n) is 4.74. The number of hydrogen-bond acceptors (Lipinski definition) is 5. The fourth-order valence-corrected chi connectivity index (χ4v) is 3.19. The molecule has 2 N–H and O–H groups in total. The van der Waals surface area contributed by atoms with Gasteiger partial charge in [-0.05, 0) is 54.4 Å². The SMILES string of the molecule is CCc1cccc(OCC(=O)Nc2cccc(Oc3ccc4c(c3)C(=O)NC4=O)c2)c1. The van der Waals surface area contributed by atoms with E-state index in [1.807, 2.05) is 24.3 Å². The van der Waals surface area contributed by atoms with E-state index in [1.54, 1.807) is 36.4 Å². The molecule has 0 fully saturated rings. The van der Waals surface area contributed by atoms with Gasteiger partial charge in [0.2, 0.25) is 0 Å². The molecule has 0 aromatic heterocycles. The van der Waals surface area contributed by atoms with E-state index in [2.05, 4.69) is 17.6 Å². The van der Waals surface area contributed by atoms with Gasteiger partial charge in [-0.3, -0.25) is 19.7 Å². The van der Waals surface area contributed by atoms with Crippen LogP contribution in [0.3, 0.4) is 0 Å². The fourth-order valence-electron chi connectivity index (χ4n) is 3.19. The van der Waals surface area contributed by atoms with Crippen LogP contribution in [-0.2, 0) is 11.2 Å². The molecule has 31 heavy (non-hydrogen) atoms. The minimum absolute atomic E-state index is 0.119. The number of carbonyl (C=O) groups is 3. The highest BCUT2D eigenvalue weighted by atomic mass is 16.5. The van der Waals surface area contributed by atoms with E-state index in [0.29, 0.717) is 28.5 Å². The van der Waals surface area contributed by atoms with E-state index < -0.39 is 11.8 Å². The minimum atomic E-state index is -0.448. The topological polar surface area (TPSA) is 93.7 Å². The summed E-state index contributed by atoms with van der Waals surface area (Å²) >= 11 is 0. The molecule has 7 nitrogen and oxygen atoms in total. The molecule has 0 unspecified atom stereocenters. The molecule has 0 aliphatic carbocycles. The summed E-state index contributed by atoms with van der Waals surface area (Å²) in [5, 5.41) is 5.01. The van der Waals surface area contributed by atoms with Gasteiger partial charge in [0, 0.05) is 11.8 Å². The Morgan fingerprint density at radius 3 is 2.45 bits per heavy atom. The predicted molar refractivity (Wildman–Crippen MR) is 115 cm³/mol. The van der Waals surface area contributed by atoms with Crippen LogP contribution in [0.4, 0.5) is 5.69 Å². The van der Waals surface area contributed by atoms with Crippen molar-refractivity contribution in [2.24, 2.45) is 0 Å². The maximum Gasteiger partial charge on any atom is 0.262 e. The van der Waals surface area contributed by atoms with Crippen molar-refractivity contribution in [2.45, 2.75) is 13.3 Å². The molecular formula is C24H20N2O5. The van der Waals surface area contributed by atoms with Crippen molar-refractivity contribution in [3.05, 3.63) is 83.4 Å². The zero-order chi connectivity index (χ0) is 21.8. The number of ether oxygens (including phenoxy) is 2. The summed E-state index contributed by atoms with van der Waals surface area (Å²) in [7, 11) is 0. The summed E-state index contributed by atoms with van der Waals surface area (Å²) < 4.78 is 11.4. The van der Waals surface area contributed by atoms with E-state index >= 15 is 0 Å². The molecule has 1 heterocycles. The Morgan fingerprint density at radius 2 is 1.61 bits per heavy atom. The van der Waals surface area contributed by atoms with Gasteiger partial charge in [0.15, 0.2) is 6.61 Å². The number of imide groups is 1.